The molecular formula is C48H74N2. The van der Waals surface area contributed by atoms with Crippen molar-refractivity contribution in [3.05, 3.63) is 119 Å². The minimum Gasteiger partial charge on any atom is -0.338 e. The normalized spacial score (nSPS) is 19.8. The van der Waals surface area contributed by atoms with E-state index in [0.717, 1.165) is 0 Å². The largest absolute Gasteiger partial charge is 0.338 e. The molecule has 50 heavy (non-hydrogen) atoms. The number of para-hydroxylation sites is 2. The second-order valence-electron chi connectivity index (χ2n) is 13.3. The van der Waals surface area contributed by atoms with Crippen LogP contribution in [0.15, 0.2) is 97.1 Å². The number of rotatable bonds is 4. The van der Waals surface area contributed by atoms with E-state index in [9.17, 15) is 0 Å². The van der Waals surface area contributed by atoms with Gasteiger partial charge in [-0.2, -0.15) is 0 Å². The third kappa shape index (κ3) is 10.3. The highest BCUT2D eigenvalue weighted by atomic mass is 15.2. The Morgan fingerprint density at radius 1 is 0.400 bits per heavy atom. The van der Waals surface area contributed by atoms with E-state index in [1.807, 2.05) is 55.4 Å². The van der Waals surface area contributed by atoms with Gasteiger partial charge in [0, 0.05) is 40.8 Å². The summed E-state index contributed by atoms with van der Waals surface area (Å²) in [6.07, 6.45) is 0. The lowest BCUT2D eigenvalue weighted by molar-refractivity contribution is 0.392. The minimum absolute atomic E-state index is 0.509. The first-order valence-corrected chi connectivity index (χ1v) is 20.1. The molecular weight excluding hydrogens is 605 g/mol. The fourth-order valence-electron chi connectivity index (χ4n) is 6.83. The predicted molar refractivity (Wildman–Crippen MR) is 229 cm³/mol. The van der Waals surface area contributed by atoms with Gasteiger partial charge in [-0.3, -0.25) is 0 Å². The van der Waals surface area contributed by atoms with Crippen molar-refractivity contribution in [3.63, 3.8) is 0 Å². The molecule has 2 heterocycles. The van der Waals surface area contributed by atoms with Crippen molar-refractivity contribution in [2.45, 2.75) is 153 Å². The van der Waals surface area contributed by atoms with Crippen LogP contribution in [0.3, 0.4) is 0 Å². The Bertz CT molecular complexity index is 1470. The number of hydrogen-bond acceptors (Lipinski definition) is 2. The number of fused-ring (bicyclic) bond motifs is 2. The van der Waals surface area contributed by atoms with Crippen molar-refractivity contribution in [1.29, 1.82) is 0 Å². The third-order valence-corrected chi connectivity index (χ3v) is 10.1. The molecule has 0 N–H and O–H groups in total. The SMILES string of the molecule is CC.CC.CC.CC.CC(C)c1ccc(N2c3ccccc3C(C)C(C)C2C)cc1.CC(C)c1ccc(N2c3ccccc3C(C)C2C)cc1. The Morgan fingerprint density at radius 3 is 1.08 bits per heavy atom. The average molecular weight is 679 g/mol. The summed E-state index contributed by atoms with van der Waals surface area (Å²) in [4.78, 5) is 4.99. The van der Waals surface area contributed by atoms with Crippen LogP contribution in [0.25, 0.3) is 0 Å². The van der Waals surface area contributed by atoms with E-state index in [-0.39, 0.29) is 0 Å². The van der Waals surface area contributed by atoms with Crippen molar-refractivity contribution in [1.82, 2.24) is 0 Å². The molecule has 4 aromatic rings. The van der Waals surface area contributed by atoms with Gasteiger partial charge in [-0.05, 0) is 96.2 Å². The number of anilines is 4. The first kappa shape index (κ1) is 44.5. The van der Waals surface area contributed by atoms with Gasteiger partial charge in [0.2, 0.25) is 0 Å². The molecule has 2 aliphatic heterocycles. The number of nitrogens with zero attached hydrogens (tertiary/aromatic N) is 2. The maximum atomic E-state index is 2.52. The van der Waals surface area contributed by atoms with Crippen LogP contribution < -0.4 is 9.80 Å². The lowest BCUT2D eigenvalue weighted by Crippen LogP contribution is -2.40. The fraction of sp³-hybridized carbons (Fsp3) is 0.500. The molecule has 0 radical (unpaired) electrons. The molecule has 2 nitrogen and oxygen atoms in total. The number of hydrogen-bond donors (Lipinski definition) is 0. The fourth-order valence-corrected chi connectivity index (χ4v) is 6.83. The Labute approximate surface area is 310 Å². The third-order valence-electron chi connectivity index (χ3n) is 10.1. The first-order valence-electron chi connectivity index (χ1n) is 20.1. The molecule has 0 fully saturated rings. The lowest BCUT2D eigenvalue weighted by atomic mass is 9.79. The smallest absolute Gasteiger partial charge is 0.0449 e. The molecule has 0 aromatic heterocycles. The summed E-state index contributed by atoms with van der Waals surface area (Å²) < 4.78 is 0. The van der Waals surface area contributed by atoms with Crippen molar-refractivity contribution >= 4 is 22.7 Å². The van der Waals surface area contributed by atoms with E-state index >= 15 is 0 Å². The van der Waals surface area contributed by atoms with Crippen LogP contribution in [0.4, 0.5) is 22.7 Å². The molecule has 5 atom stereocenters. The van der Waals surface area contributed by atoms with E-state index in [4.69, 9.17) is 0 Å². The Balaban J connectivity index is 0.000000418. The Morgan fingerprint density at radius 2 is 0.720 bits per heavy atom. The van der Waals surface area contributed by atoms with Gasteiger partial charge in [0.15, 0.2) is 0 Å². The monoisotopic (exact) mass is 679 g/mol. The van der Waals surface area contributed by atoms with Gasteiger partial charge in [-0.1, -0.05) is 165 Å². The first-order chi connectivity index (χ1) is 24.1. The van der Waals surface area contributed by atoms with Crippen molar-refractivity contribution < 1.29 is 0 Å². The van der Waals surface area contributed by atoms with E-state index in [1.165, 1.54) is 45.0 Å². The average Bonchev–Trinajstić information content (AvgIpc) is 3.43. The molecule has 276 valence electrons. The molecule has 0 amide bonds. The summed E-state index contributed by atoms with van der Waals surface area (Å²) in [5.74, 6) is 3.00. The Kier molecular flexibility index (Phi) is 19.9. The van der Waals surface area contributed by atoms with Gasteiger partial charge in [0.05, 0.1) is 0 Å². The summed E-state index contributed by atoms with van der Waals surface area (Å²) in [7, 11) is 0. The van der Waals surface area contributed by atoms with E-state index in [1.54, 1.807) is 0 Å². The van der Waals surface area contributed by atoms with Crippen LogP contribution in [-0.4, -0.2) is 12.1 Å². The second-order valence-corrected chi connectivity index (χ2v) is 13.3. The molecule has 4 aromatic carbocycles. The van der Waals surface area contributed by atoms with Crippen LogP contribution >= 0.6 is 0 Å². The zero-order valence-corrected chi connectivity index (χ0v) is 35.2. The molecule has 0 bridgehead atoms. The summed E-state index contributed by atoms with van der Waals surface area (Å²) in [6, 6.07) is 36.9. The quantitative estimate of drug-likeness (QED) is 0.212. The summed E-state index contributed by atoms with van der Waals surface area (Å²) in [6.45, 7) is 36.7. The molecule has 0 spiro atoms. The summed E-state index contributed by atoms with van der Waals surface area (Å²) in [5, 5.41) is 0. The maximum Gasteiger partial charge on any atom is 0.0449 e. The molecule has 2 heteroatoms. The topological polar surface area (TPSA) is 6.48 Å². The van der Waals surface area contributed by atoms with Gasteiger partial charge in [-0.15, -0.1) is 0 Å². The molecule has 0 saturated heterocycles. The molecule has 0 aliphatic carbocycles. The lowest BCUT2D eigenvalue weighted by Gasteiger charge is -2.44. The van der Waals surface area contributed by atoms with Crippen LogP contribution in [0.2, 0.25) is 0 Å². The van der Waals surface area contributed by atoms with E-state index in [2.05, 4.69) is 169 Å². The molecule has 6 rings (SSSR count). The van der Waals surface area contributed by atoms with Crippen LogP contribution in [-0.2, 0) is 0 Å². The standard InChI is InChI=1S/C21H27N.C19H23N.4C2H6/c1-14(2)18-10-12-19(13-11-18)22-17(5)15(3)16(4)20-8-6-7-9-21(20)22;1-13(2)16-9-11-17(12-10-16)20-15(4)14(3)18-7-5-6-8-19(18)20;4*1-2/h6-17H,1-5H3;5-15H,1-4H3;4*1-2H3. The highest BCUT2D eigenvalue weighted by molar-refractivity contribution is 5.73. The highest BCUT2D eigenvalue weighted by Gasteiger charge is 2.35. The van der Waals surface area contributed by atoms with Gasteiger partial charge < -0.3 is 9.80 Å². The Hall–Kier alpha value is -3.52. The van der Waals surface area contributed by atoms with Crippen LogP contribution in [0, 0.1) is 5.92 Å². The van der Waals surface area contributed by atoms with Gasteiger partial charge in [0.1, 0.15) is 0 Å². The summed E-state index contributed by atoms with van der Waals surface area (Å²) >= 11 is 0. The van der Waals surface area contributed by atoms with E-state index in [0.29, 0.717) is 41.7 Å². The molecule has 2 aliphatic rings. The molecule has 5 unspecified atom stereocenters. The van der Waals surface area contributed by atoms with Gasteiger partial charge in [-0.25, -0.2) is 0 Å². The zero-order chi connectivity index (χ0) is 38.1. The summed E-state index contributed by atoms with van der Waals surface area (Å²) in [5.41, 5.74) is 11.1. The van der Waals surface area contributed by atoms with Gasteiger partial charge in [0.25, 0.3) is 0 Å². The number of benzene rings is 4. The van der Waals surface area contributed by atoms with Crippen molar-refractivity contribution in [2.75, 3.05) is 9.80 Å². The predicted octanol–water partition coefficient (Wildman–Crippen LogP) is 15.6. The van der Waals surface area contributed by atoms with Crippen molar-refractivity contribution in [2.24, 2.45) is 5.92 Å². The van der Waals surface area contributed by atoms with Crippen LogP contribution in [0.5, 0.6) is 0 Å². The second kappa shape index (κ2) is 22.3. The minimum atomic E-state index is 0.509. The zero-order valence-electron chi connectivity index (χ0n) is 35.2. The van der Waals surface area contributed by atoms with Gasteiger partial charge >= 0.3 is 0 Å². The molecule has 0 saturated carbocycles. The van der Waals surface area contributed by atoms with E-state index < -0.39 is 0 Å². The van der Waals surface area contributed by atoms with Crippen LogP contribution in [0.1, 0.15) is 164 Å². The highest BCUT2D eigenvalue weighted by Crippen LogP contribution is 2.46. The maximum absolute atomic E-state index is 2.52. The van der Waals surface area contributed by atoms with Crippen molar-refractivity contribution in [3.8, 4) is 0 Å².